The van der Waals surface area contributed by atoms with Crippen LogP contribution in [0, 0.1) is 0 Å². The quantitative estimate of drug-likeness (QED) is 0.370. The van der Waals surface area contributed by atoms with E-state index in [1.165, 1.54) is 0 Å². The fraction of sp³-hybridized carbons (Fsp3) is 0.667. The fourth-order valence-corrected chi connectivity index (χ4v) is 7.11. The zero-order valence-electron chi connectivity index (χ0n) is 15.4. The molecule has 0 N–H and O–H groups in total. The Morgan fingerprint density at radius 1 is 0.680 bits per heavy atom. The van der Waals surface area contributed by atoms with E-state index in [9.17, 15) is 26.3 Å². The second kappa shape index (κ2) is 7.09. The number of benzene rings is 1. The van der Waals surface area contributed by atoms with Crippen LogP contribution in [0.4, 0.5) is 26.3 Å². The van der Waals surface area contributed by atoms with Crippen molar-refractivity contribution in [1.82, 2.24) is 0 Å². The fourth-order valence-electron chi connectivity index (χ4n) is 2.90. The summed E-state index contributed by atoms with van der Waals surface area (Å²) in [6.45, 7) is 11.5. The summed E-state index contributed by atoms with van der Waals surface area (Å²) in [6.07, 6.45) is -8.30. The van der Waals surface area contributed by atoms with E-state index in [0.717, 1.165) is 12.1 Å². The monoisotopic (exact) mass is 386 g/mol. The van der Waals surface area contributed by atoms with Crippen LogP contribution in [0.1, 0.15) is 65.5 Å². The van der Waals surface area contributed by atoms with Crippen molar-refractivity contribution in [1.29, 1.82) is 0 Å². The number of halogens is 6. The van der Waals surface area contributed by atoms with E-state index in [2.05, 4.69) is 0 Å². The zero-order chi connectivity index (χ0) is 19.8. The Bertz CT molecular complexity index is 550. The minimum atomic E-state index is -4.82. The van der Waals surface area contributed by atoms with Crippen LogP contribution in [-0.4, -0.2) is 10.3 Å². The van der Waals surface area contributed by atoms with Gasteiger partial charge in [-0.15, -0.1) is 0 Å². The standard InChI is InChI=1S/C18H25F6P/c1-7-15(3,4)25(16(5,6)8-2)14-10-12(17(19,20)21)9-13(11-14)18(22,23)24/h9-11H,7-8H2,1-6H3. The maximum atomic E-state index is 13.2. The molecule has 7 heteroatoms. The minimum absolute atomic E-state index is 0.163. The van der Waals surface area contributed by atoms with Crippen molar-refractivity contribution >= 4 is 13.2 Å². The van der Waals surface area contributed by atoms with Gasteiger partial charge < -0.3 is 0 Å². The van der Waals surface area contributed by atoms with Gasteiger partial charge in [0, 0.05) is 0 Å². The van der Waals surface area contributed by atoms with Crippen molar-refractivity contribution < 1.29 is 26.3 Å². The van der Waals surface area contributed by atoms with Crippen LogP contribution >= 0.6 is 7.92 Å². The third-order valence-electron chi connectivity index (χ3n) is 4.77. The lowest BCUT2D eigenvalue weighted by Crippen LogP contribution is -2.35. The summed E-state index contributed by atoms with van der Waals surface area (Å²) in [7, 11) is -1.27. The molecule has 0 spiro atoms. The highest BCUT2D eigenvalue weighted by Gasteiger charge is 2.43. The van der Waals surface area contributed by atoms with Crippen LogP contribution in [-0.2, 0) is 12.4 Å². The molecule has 1 aromatic rings. The summed E-state index contributed by atoms with van der Waals surface area (Å²) >= 11 is 0. The maximum Gasteiger partial charge on any atom is 0.416 e. The van der Waals surface area contributed by atoms with Crippen LogP contribution in [0.25, 0.3) is 0 Å². The van der Waals surface area contributed by atoms with Crippen LogP contribution < -0.4 is 5.30 Å². The molecule has 144 valence electrons. The molecule has 0 aliphatic rings. The average Bonchev–Trinajstić information content (AvgIpc) is 2.44. The van der Waals surface area contributed by atoms with Crippen LogP contribution in [0.2, 0.25) is 0 Å². The Morgan fingerprint density at radius 2 is 1.00 bits per heavy atom. The second-order valence-electron chi connectivity index (χ2n) is 7.43. The van der Waals surface area contributed by atoms with Gasteiger partial charge in [0.2, 0.25) is 0 Å². The van der Waals surface area contributed by atoms with E-state index in [4.69, 9.17) is 0 Å². The highest BCUT2D eigenvalue weighted by atomic mass is 31.1. The number of rotatable bonds is 5. The topological polar surface area (TPSA) is 0 Å². The summed E-state index contributed by atoms with van der Waals surface area (Å²) in [5.74, 6) is 0. The van der Waals surface area contributed by atoms with Gasteiger partial charge in [-0.25, -0.2) is 0 Å². The molecule has 0 fully saturated rings. The summed E-state index contributed by atoms with van der Waals surface area (Å²) < 4.78 is 79.2. The predicted molar refractivity (Wildman–Crippen MR) is 91.7 cm³/mol. The first kappa shape index (κ1) is 22.3. The molecule has 0 bridgehead atoms. The third-order valence-corrected chi connectivity index (χ3v) is 8.60. The molecule has 0 radical (unpaired) electrons. The number of hydrogen-bond acceptors (Lipinski definition) is 0. The van der Waals surface area contributed by atoms with E-state index >= 15 is 0 Å². The molecule has 0 aliphatic heterocycles. The molecular weight excluding hydrogens is 361 g/mol. The second-order valence-corrected chi connectivity index (χ2v) is 11.0. The van der Waals surface area contributed by atoms with Gasteiger partial charge in [-0.05, 0) is 46.7 Å². The van der Waals surface area contributed by atoms with Gasteiger partial charge in [0.1, 0.15) is 0 Å². The van der Waals surface area contributed by atoms with Crippen LogP contribution in [0.5, 0.6) is 0 Å². The van der Waals surface area contributed by atoms with Crippen LogP contribution in [0.3, 0.4) is 0 Å². The molecule has 1 rings (SSSR count). The number of hydrogen-bond donors (Lipinski definition) is 0. The van der Waals surface area contributed by atoms with Crippen molar-refractivity contribution in [3.63, 3.8) is 0 Å². The largest absolute Gasteiger partial charge is 0.416 e. The zero-order valence-corrected chi connectivity index (χ0v) is 16.3. The SMILES string of the molecule is CCC(C)(C)P(c1cc(C(F)(F)F)cc(C(F)(F)F)c1)C(C)(C)CC. The summed E-state index contributed by atoms with van der Waals surface area (Å²) in [5, 5.41) is -0.611. The average molecular weight is 386 g/mol. The van der Waals surface area contributed by atoms with Gasteiger partial charge in [-0.3, -0.25) is 0 Å². The van der Waals surface area contributed by atoms with E-state index in [0.29, 0.717) is 12.8 Å². The Hall–Kier alpha value is -0.770. The van der Waals surface area contributed by atoms with Crippen LogP contribution in [0.15, 0.2) is 18.2 Å². The van der Waals surface area contributed by atoms with Gasteiger partial charge in [0.25, 0.3) is 0 Å². The molecule has 0 amide bonds. The van der Waals surface area contributed by atoms with Gasteiger partial charge >= 0.3 is 12.4 Å². The number of alkyl halides is 6. The first-order chi connectivity index (χ1) is 11.1. The van der Waals surface area contributed by atoms with Crippen molar-refractivity contribution in [3.05, 3.63) is 29.3 Å². The lowest BCUT2D eigenvalue weighted by atomic mass is 10.1. The maximum absolute atomic E-state index is 13.2. The van der Waals surface area contributed by atoms with Crippen molar-refractivity contribution in [2.75, 3.05) is 0 Å². The Morgan fingerprint density at radius 3 is 1.24 bits per heavy atom. The van der Waals surface area contributed by atoms with Crippen molar-refractivity contribution in [2.45, 2.75) is 77.0 Å². The molecule has 0 unspecified atom stereocenters. The van der Waals surface area contributed by atoms with Gasteiger partial charge in [0.05, 0.1) is 11.1 Å². The Balaban J connectivity index is 3.75. The molecule has 0 atom stereocenters. The lowest BCUT2D eigenvalue weighted by Gasteiger charge is -2.45. The summed E-state index contributed by atoms with van der Waals surface area (Å²) in [4.78, 5) is 0. The van der Waals surface area contributed by atoms with Crippen molar-refractivity contribution in [3.8, 4) is 0 Å². The third kappa shape index (κ3) is 5.12. The van der Waals surface area contributed by atoms with Gasteiger partial charge in [-0.2, -0.15) is 26.3 Å². The molecule has 0 saturated carbocycles. The first-order valence-corrected chi connectivity index (χ1v) is 9.50. The molecule has 0 heterocycles. The highest BCUT2D eigenvalue weighted by molar-refractivity contribution is 7.68. The van der Waals surface area contributed by atoms with Crippen molar-refractivity contribution in [2.24, 2.45) is 0 Å². The molecule has 0 aromatic heterocycles. The lowest BCUT2D eigenvalue weighted by molar-refractivity contribution is -0.142. The normalized spacial score (nSPS) is 14.3. The highest BCUT2D eigenvalue weighted by Crippen LogP contribution is 2.61. The first-order valence-electron chi connectivity index (χ1n) is 8.16. The minimum Gasteiger partial charge on any atom is -0.166 e. The van der Waals surface area contributed by atoms with E-state index in [1.54, 1.807) is 0 Å². The Labute approximate surface area is 146 Å². The Kier molecular flexibility index (Phi) is 6.32. The molecule has 0 aliphatic carbocycles. The molecule has 25 heavy (non-hydrogen) atoms. The van der Waals surface area contributed by atoms with E-state index in [-0.39, 0.29) is 21.7 Å². The summed E-state index contributed by atoms with van der Waals surface area (Å²) in [5.41, 5.74) is -2.47. The van der Waals surface area contributed by atoms with Gasteiger partial charge in [-0.1, -0.05) is 49.5 Å². The summed E-state index contributed by atoms with van der Waals surface area (Å²) in [6, 6.07) is 2.03. The predicted octanol–water partition coefficient (Wildman–Crippen LogP) is 7.21. The van der Waals surface area contributed by atoms with Gasteiger partial charge in [0.15, 0.2) is 0 Å². The van der Waals surface area contributed by atoms with E-state index < -0.39 is 31.4 Å². The molecule has 1 aromatic carbocycles. The molecule has 0 nitrogen and oxygen atoms in total. The molecular formula is C18H25F6P. The molecule has 0 saturated heterocycles. The smallest absolute Gasteiger partial charge is 0.166 e. The van der Waals surface area contributed by atoms with E-state index in [1.807, 2.05) is 41.5 Å².